The number of carbonyl (C=O) groups is 1. The normalized spacial score (nSPS) is 30.2. The molecular weight excluding hydrogens is 216 g/mol. The van der Waals surface area contributed by atoms with Gasteiger partial charge in [0, 0.05) is 6.61 Å². The Hall–Kier alpha value is -0.570. The van der Waals surface area contributed by atoms with Crippen molar-refractivity contribution in [1.29, 1.82) is 0 Å². The molecule has 1 N–H and O–H groups in total. The second kappa shape index (κ2) is 5.85. The summed E-state index contributed by atoms with van der Waals surface area (Å²) in [6, 6.07) is 0. The maximum absolute atomic E-state index is 11.2. The summed E-state index contributed by atoms with van der Waals surface area (Å²) in [6.07, 6.45) is 2.82. The summed E-state index contributed by atoms with van der Waals surface area (Å²) in [5, 5.41) is 9.24. The van der Waals surface area contributed by atoms with Crippen molar-refractivity contribution in [2.45, 2.75) is 47.0 Å². The Morgan fingerprint density at radius 1 is 1.35 bits per heavy atom. The fraction of sp³-hybridized carbons (Fsp3) is 0.929. The lowest BCUT2D eigenvalue weighted by Crippen LogP contribution is -2.37. The van der Waals surface area contributed by atoms with E-state index in [1.807, 2.05) is 6.92 Å². The molecule has 0 bridgehead atoms. The van der Waals surface area contributed by atoms with Gasteiger partial charge < -0.3 is 9.84 Å². The highest BCUT2D eigenvalue weighted by Gasteiger charge is 2.38. The summed E-state index contributed by atoms with van der Waals surface area (Å²) in [5.74, 6) is -0.0591. The van der Waals surface area contributed by atoms with Crippen LogP contribution in [0.25, 0.3) is 0 Å². The molecule has 1 fully saturated rings. The molecule has 0 radical (unpaired) electrons. The first-order valence-electron chi connectivity index (χ1n) is 6.66. The predicted molar refractivity (Wildman–Crippen MR) is 67.9 cm³/mol. The SMILES string of the molecule is CCOCC1CC(C(C)(C)C)CCC1C(=O)O. The topological polar surface area (TPSA) is 46.5 Å². The molecule has 3 unspecified atom stereocenters. The molecular formula is C14H26O3. The Morgan fingerprint density at radius 2 is 2.00 bits per heavy atom. The van der Waals surface area contributed by atoms with Crippen molar-refractivity contribution in [1.82, 2.24) is 0 Å². The number of ether oxygens (including phenoxy) is 1. The molecule has 3 heteroatoms. The van der Waals surface area contributed by atoms with Crippen LogP contribution in [0.5, 0.6) is 0 Å². The van der Waals surface area contributed by atoms with Gasteiger partial charge in [0.2, 0.25) is 0 Å². The molecule has 0 spiro atoms. The van der Waals surface area contributed by atoms with Crippen LogP contribution >= 0.6 is 0 Å². The van der Waals surface area contributed by atoms with Crippen molar-refractivity contribution < 1.29 is 14.6 Å². The van der Waals surface area contributed by atoms with Crippen LogP contribution in [-0.2, 0) is 9.53 Å². The van der Waals surface area contributed by atoms with E-state index in [1.165, 1.54) is 0 Å². The zero-order chi connectivity index (χ0) is 13.1. The highest BCUT2D eigenvalue weighted by molar-refractivity contribution is 5.70. The fourth-order valence-corrected chi connectivity index (χ4v) is 2.83. The summed E-state index contributed by atoms with van der Waals surface area (Å²) in [5.41, 5.74) is 0.272. The average molecular weight is 242 g/mol. The summed E-state index contributed by atoms with van der Waals surface area (Å²) < 4.78 is 5.45. The summed E-state index contributed by atoms with van der Waals surface area (Å²) >= 11 is 0. The fourth-order valence-electron chi connectivity index (χ4n) is 2.83. The molecule has 0 aromatic carbocycles. The zero-order valence-electron chi connectivity index (χ0n) is 11.5. The maximum Gasteiger partial charge on any atom is 0.306 e. The van der Waals surface area contributed by atoms with E-state index in [-0.39, 0.29) is 17.3 Å². The van der Waals surface area contributed by atoms with E-state index < -0.39 is 5.97 Å². The van der Waals surface area contributed by atoms with Gasteiger partial charge in [-0.2, -0.15) is 0 Å². The number of carboxylic acid groups (broad SMARTS) is 1. The van der Waals surface area contributed by atoms with E-state index >= 15 is 0 Å². The number of rotatable bonds is 4. The predicted octanol–water partition coefficient (Wildman–Crippen LogP) is 3.19. The lowest BCUT2D eigenvalue weighted by Gasteiger charge is -2.40. The van der Waals surface area contributed by atoms with Crippen molar-refractivity contribution in [2.24, 2.45) is 23.2 Å². The van der Waals surface area contributed by atoms with Gasteiger partial charge >= 0.3 is 5.97 Å². The lowest BCUT2D eigenvalue weighted by atomic mass is 9.66. The Balaban J connectivity index is 2.66. The molecule has 3 atom stereocenters. The van der Waals surface area contributed by atoms with E-state index in [0.717, 1.165) is 19.3 Å². The van der Waals surface area contributed by atoms with Gasteiger partial charge in [-0.05, 0) is 43.4 Å². The standard InChI is InChI=1S/C14H26O3/c1-5-17-9-10-8-11(14(2,3)4)6-7-12(10)13(15)16/h10-12H,5-9H2,1-4H3,(H,15,16). The van der Waals surface area contributed by atoms with Crippen molar-refractivity contribution in [3.8, 4) is 0 Å². The molecule has 0 saturated heterocycles. The molecule has 1 saturated carbocycles. The van der Waals surface area contributed by atoms with Gasteiger partial charge in [0.1, 0.15) is 0 Å². The molecule has 1 aliphatic rings. The van der Waals surface area contributed by atoms with E-state index in [2.05, 4.69) is 20.8 Å². The molecule has 0 aromatic rings. The molecule has 0 heterocycles. The minimum atomic E-state index is -0.651. The van der Waals surface area contributed by atoms with Gasteiger partial charge in [0.15, 0.2) is 0 Å². The van der Waals surface area contributed by atoms with Crippen LogP contribution in [0.15, 0.2) is 0 Å². The van der Waals surface area contributed by atoms with Crippen LogP contribution in [0.1, 0.15) is 47.0 Å². The van der Waals surface area contributed by atoms with Crippen molar-refractivity contribution >= 4 is 5.97 Å². The Morgan fingerprint density at radius 3 is 2.47 bits per heavy atom. The smallest absolute Gasteiger partial charge is 0.306 e. The Bertz CT molecular complexity index is 255. The number of hydrogen-bond donors (Lipinski definition) is 1. The quantitative estimate of drug-likeness (QED) is 0.823. The third kappa shape index (κ3) is 3.98. The van der Waals surface area contributed by atoms with Crippen molar-refractivity contribution in [2.75, 3.05) is 13.2 Å². The second-order valence-corrected chi connectivity index (χ2v) is 6.24. The largest absolute Gasteiger partial charge is 0.481 e. The van der Waals surface area contributed by atoms with Gasteiger partial charge in [0.05, 0.1) is 12.5 Å². The molecule has 0 amide bonds. The number of hydrogen-bond acceptors (Lipinski definition) is 2. The Labute approximate surface area is 105 Å². The maximum atomic E-state index is 11.2. The first kappa shape index (κ1) is 14.5. The van der Waals surface area contributed by atoms with E-state index in [0.29, 0.717) is 19.1 Å². The lowest BCUT2D eigenvalue weighted by molar-refractivity contribution is -0.147. The van der Waals surface area contributed by atoms with Crippen LogP contribution in [0.3, 0.4) is 0 Å². The number of carboxylic acids is 1. The molecule has 0 aliphatic heterocycles. The molecule has 1 aliphatic carbocycles. The van der Waals surface area contributed by atoms with E-state index in [1.54, 1.807) is 0 Å². The van der Waals surface area contributed by atoms with Gasteiger partial charge in [-0.1, -0.05) is 20.8 Å². The van der Waals surface area contributed by atoms with Gasteiger partial charge in [-0.15, -0.1) is 0 Å². The van der Waals surface area contributed by atoms with Crippen LogP contribution in [0.2, 0.25) is 0 Å². The number of aliphatic carboxylic acids is 1. The first-order valence-corrected chi connectivity index (χ1v) is 6.66. The molecule has 100 valence electrons. The monoisotopic (exact) mass is 242 g/mol. The molecule has 0 aromatic heterocycles. The van der Waals surface area contributed by atoms with Gasteiger partial charge in [0.25, 0.3) is 0 Å². The van der Waals surface area contributed by atoms with Crippen LogP contribution in [-0.4, -0.2) is 24.3 Å². The zero-order valence-corrected chi connectivity index (χ0v) is 11.5. The van der Waals surface area contributed by atoms with E-state index in [4.69, 9.17) is 4.74 Å². The van der Waals surface area contributed by atoms with E-state index in [9.17, 15) is 9.90 Å². The molecule has 17 heavy (non-hydrogen) atoms. The second-order valence-electron chi connectivity index (χ2n) is 6.24. The minimum absolute atomic E-state index is 0.186. The summed E-state index contributed by atoms with van der Waals surface area (Å²) in [7, 11) is 0. The summed E-state index contributed by atoms with van der Waals surface area (Å²) in [4.78, 5) is 11.2. The van der Waals surface area contributed by atoms with Crippen molar-refractivity contribution in [3.63, 3.8) is 0 Å². The summed E-state index contributed by atoms with van der Waals surface area (Å²) in [6.45, 7) is 9.96. The van der Waals surface area contributed by atoms with Gasteiger partial charge in [-0.3, -0.25) is 4.79 Å². The molecule has 3 nitrogen and oxygen atoms in total. The van der Waals surface area contributed by atoms with Crippen molar-refractivity contribution in [3.05, 3.63) is 0 Å². The third-order valence-electron chi connectivity index (χ3n) is 4.06. The van der Waals surface area contributed by atoms with Crippen LogP contribution < -0.4 is 0 Å². The van der Waals surface area contributed by atoms with Gasteiger partial charge in [-0.25, -0.2) is 0 Å². The Kier molecular flexibility index (Phi) is 4.99. The van der Waals surface area contributed by atoms with Crippen LogP contribution in [0.4, 0.5) is 0 Å². The molecule has 1 rings (SSSR count). The van der Waals surface area contributed by atoms with Crippen LogP contribution in [0, 0.1) is 23.2 Å². The average Bonchev–Trinajstić information content (AvgIpc) is 2.24. The first-order chi connectivity index (χ1) is 7.86. The highest BCUT2D eigenvalue weighted by atomic mass is 16.5. The third-order valence-corrected chi connectivity index (χ3v) is 4.06. The minimum Gasteiger partial charge on any atom is -0.481 e. The highest BCUT2D eigenvalue weighted by Crippen LogP contribution is 2.42.